The lowest BCUT2D eigenvalue weighted by molar-refractivity contribution is 0.0547. The van der Waals surface area contributed by atoms with Gasteiger partial charge >= 0.3 is 6.09 Å². The van der Waals surface area contributed by atoms with Crippen LogP contribution in [0.2, 0.25) is 0 Å². The molecule has 1 aromatic heterocycles. The summed E-state index contributed by atoms with van der Waals surface area (Å²) >= 11 is 0. The van der Waals surface area contributed by atoms with Crippen LogP contribution in [0.1, 0.15) is 80.1 Å². The highest BCUT2D eigenvalue weighted by Crippen LogP contribution is 2.37. The van der Waals surface area contributed by atoms with Crippen LogP contribution in [0.25, 0.3) is 22.2 Å². The molecule has 2 aromatic carbocycles. The summed E-state index contributed by atoms with van der Waals surface area (Å²) in [6.07, 6.45) is 2.34. The van der Waals surface area contributed by atoms with Gasteiger partial charge in [0.15, 0.2) is 0 Å². The standard InChI is InChI=1S/C31H37N3O4/c1-19(2)28(35)22-14-23-17-32-29(36)27(23)24(15-22)26-16-21-13-20(18-33-11-7-6-8-12-33)9-10-25(21)34(26)30(37)38-31(3,4)5/h9-10,13-16,28,35H,1,6-8,11-12,17-18H2,2-5H3,(H,32,36). The van der Waals surface area contributed by atoms with Gasteiger partial charge < -0.3 is 15.2 Å². The maximum absolute atomic E-state index is 13.6. The monoisotopic (exact) mass is 515 g/mol. The number of carbonyl (C=O) groups is 2. The first kappa shape index (κ1) is 26.2. The molecule has 7 nitrogen and oxygen atoms in total. The van der Waals surface area contributed by atoms with Crippen molar-refractivity contribution in [1.82, 2.24) is 14.8 Å². The molecular weight excluding hydrogens is 478 g/mol. The second kappa shape index (κ2) is 10.0. The zero-order valence-electron chi connectivity index (χ0n) is 22.8. The Morgan fingerprint density at radius 2 is 1.87 bits per heavy atom. The van der Waals surface area contributed by atoms with Gasteiger partial charge in [-0.2, -0.15) is 0 Å². The number of hydrogen-bond acceptors (Lipinski definition) is 5. The Morgan fingerprint density at radius 3 is 2.55 bits per heavy atom. The van der Waals surface area contributed by atoms with Crippen LogP contribution in [0.4, 0.5) is 4.79 Å². The summed E-state index contributed by atoms with van der Waals surface area (Å²) in [5.41, 5.74) is 4.89. The number of carbonyl (C=O) groups excluding carboxylic acids is 2. The van der Waals surface area contributed by atoms with Gasteiger partial charge in [0, 0.05) is 24.0 Å². The van der Waals surface area contributed by atoms with Crippen molar-refractivity contribution >= 4 is 22.9 Å². The quantitative estimate of drug-likeness (QED) is 0.412. The van der Waals surface area contributed by atoms with E-state index in [1.54, 1.807) is 17.6 Å². The molecule has 1 amide bonds. The molecule has 3 heterocycles. The lowest BCUT2D eigenvalue weighted by atomic mass is 9.93. The Bertz CT molecular complexity index is 1420. The van der Waals surface area contributed by atoms with E-state index in [0.717, 1.165) is 36.1 Å². The van der Waals surface area contributed by atoms with Crippen molar-refractivity contribution in [1.29, 1.82) is 0 Å². The van der Waals surface area contributed by atoms with Gasteiger partial charge in [-0.3, -0.25) is 9.69 Å². The number of benzene rings is 2. The third-order valence-corrected chi connectivity index (χ3v) is 7.26. The summed E-state index contributed by atoms with van der Waals surface area (Å²) in [6.45, 7) is 14.6. The van der Waals surface area contributed by atoms with Gasteiger partial charge in [-0.1, -0.05) is 25.1 Å². The van der Waals surface area contributed by atoms with Crippen LogP contribution in [0, 0.1) is 0 Å². The van der Waals surface area contributed by atoms with Crippen molar-refractivity contribution in [3.05, 3.63) is 70.8 Å². The van der Waals surface area contributed by atoms with E-state index in [1.807, 2.05) is 39.0 Å². The number of ether oxygens (including phenoxy) is 1. The number of aliphatic hydroxyl groups excluding tert-OH is 1. The second-order valence-corrected chi connectivity index (χ2v) is 11.6. The Hall–Kier alpha value is -3.42. The number of likely N-dealkylation sites (tertiary alicyclic amines) is 1. The average molecular weight is 516 g/mol. The summed E-state index contributed by atoms with van der Waals surface area (Å²) < 4.78 is 7.38. The van der Waals surface area contributed by atoms with Crippen LogP contribution in [-0.4, -0.2) is 45.3 Å². The molecule has 1 saturated heterocycles. The molecule has 0 spiro atoms. The van der Waals surface area contributed by atoms with Crippen LogP contribution >= 0.6 is 0 Å². The van der Waals surface area contributed by atoms with Crippen LogP contribution in [0.3, 0.4) is 0 Å². The number of aliphatic hydroxyl groups is 1. The van der Waals surface area contributed by atoms with E-state index < -0.39 is 17.8 Å². The molecule has 3 aromatic rings. The Kier molecular flexibility index (Phi) is 6.92. The van der Waals surface area contributed by atoms with Gasteiger partial charge in [0.25, 0.3) is 5.91 Å². The lowest BCUT2D eigenvalue weighted by Crippen LogP contribution is -2.29. The predicted octanol–water partition coefficient (Wildman–Crippen LogP) is 5.93. The van der Waals surface area contributed by atoms with E-state index >= 15 is 0 Å². The highest BCUT2D eigenvalue weighted by molar-refractivity contribution is 6.07. The van der Waals surface area contributed by atoms with Crippen LogP contribution in [-0.2, 0) is 17.8 Å². The minimum atomic E-state index is -0.884. The van der Waals surface area contributed by atoms with Gasteiger partial charge in [0.2, 0.25) is 0 Å². The molecule has 0 radical (unpaired) electrons. The number of rotatable bonds is 5. The van der Waals surface area contributed by atoms with E-state index in [-0.39, 0.29) is 5.91 Å². The number of piperidine rings is 1. The van der Waals surface area contributed by atoms with Crippen LogP contribution < -0.4 is 5.32 Å². The van der Waals surface area contributed by atoms with Gasteiger partial charge in [0.1, 0.15) is 5.60 Å². The fourth-order valence-electron chi connectivity index (χ4n) is 5.48. The molecule has 2 aliphatic heterocycles. The van der Waals surface area contributed by atoms with Crippen LogP contribution in [0.15, 0.2) is 48.6 Å². The van der Waals surface area contributed by atoms with Crippen molar-refractivity contribution in [3.8, 4) is 11.3 Å². The van der Waals surface area contributed by atoms with Crippen molar-refractivity contribution in [2.24, 2.45) is 0 Å². The molecule has 38 heavy (non-hydrogen) atoms. The van der Waals surface area contributed by atoms with Crippen LogP contribution in [0.5, 0.6) is 0 Å². The third kappa shape index (κ3) is 5.13. The highest BCUT2D eigenvalue weighted by atomic mass is 16.6. The first-order valence-corrected chi connectivity index (χ1v) is 13.4. The maximum atomic E-state index is 13.6. The highest BCUT2D eigenvalue weighted by Gasteiger charge is 2.30. The second-order valence-electron chi connectivity index (χ2n) is 11.6. The number of nitrogens with zero attached hydrogens (tertiary/aromatic N) is 2. The molecule has 7 heteroatoms. The number of fused-ring (bicyclic) bond motifs is 2. The summed E-state index contributed by atoms with van der Waals surface area (Å²) in [4.78, 5) is 29.0. The Balaban J connectivity index is 1.69. The average Bonchev–Trinajstić information content (AvgIpc) is 3.43. The molecule has 0 saturated carbocycles. The predicted molar refractivity (Wildman–Crippen MR) is 149 cm³/mol. The normalized spacial score (nSPS) is 16.8. The fourth-order valence-corrected chi connectivity index (χ4v) is 5.48. The first-order chi connectivity index (χ1) is 18.0. The molecule has 1 unspecified atom stereocenters. The summed E-state index contributed by atoms with van der Waals surface area (Å²) in [5.74, 6) is -0.196. The largest absolute Gasteiger partial charge is 0.443 e. The molecule has 200 valence electrons. The van der Waals surface area contributed by atoms with Crippen molar-refractivity contribution in [3.63, 3.8) is 0 Å². The van der Waals surface area contributed by atoms with E-state index in [2.05, 4.69) is 28.9 Å². The van der Waals surface area contributed by atoms with Gasteiger partial charge in [-0.05, 0) is 100 Å². The van der Waals surface area contributed by atoms with Gasteiger partial charge in [-0.15, -0.1) is 0 Å². The van der Waals surface area contributed by atoms with Crippen molar-refractivity contribution in [2.75, 3.05) is 13.1 Å². The van der Waals surface area contributed by atoms with E-state index in [0.29, 0.717) is 34.5 Å². The van der Waals surface area contributed by atoms with Gasteiger partial charge in [0.05, 0.1) is 22.9 Å². The maximum Gasteiger partial charge on any atom is 0.419 e. The number of aromatic nitrogens is 1. The van der Waals surface area contributed by atoms with Crippen molar-refractivity contribution < 1.29 is 19.4 Å². The number of amides is 1. The minimum absolute atomic E-state index is 0.196. The third-order valence-electron chi connectivity index (χ3n) is 7.26. The molecular formula is C31H37N3O4. The fraction of sp³-hybridized carbons (Fsp3) is 0.419. The zero-order valence-corrected chi connectivity index (χ0v) is 22.8. The summed E-state index contributed by atoms with van der Waals surface area (Å²) in [6, 6.07) is 11.8. The van der Waals surface area contributed by atoms with Gasteiger partial charge in [-0.25, -0.2) is 9.36 Å². The lowest BCUT2D eigenvalue weighted by Gasteiger charge is -2.26. The topological polar surface area (TPSA) is 83.8 Å². The number of nitrogens with one attached hydrogen (secondary N) is 1. The molecule has 1 atom stereocenters. The molecule has 2 aliphatic rings. The van der Waals surface area contributed by atoms with E-state index in [4.69, 9.17) is 4.74 Å². The Labute approximate surface area is 224 Å². The zero-order chi connectivity index (χ0) is 27.2. The molecule has 2 N–H and O–H groups in total. The smallest absolute Gasteiger partial charge is 0.419 e. The SMILES string of the molecule is C=C(C)C(O)c1cc2c(c(-c3cc4cc(CN5CCCCC5)ccc4n3C(=O)OC(C)(C)C)c1)C(=O)NC2. The van der Waals surface area contributed by atoms with E-state index in [9.17, 15) is 14.7 Å². The first-order valence-electron chi connectivity index (χ1n) is 13.4. The summed E-state index contributed by atoms with van der Waals surface area (Å²) in [5, 5.41) is 14.6. The van der Waals surface area contributed by atoms with Crippen molar-refractivity contribution in [2.45, 2.75) is 71.8 Å². The number of hydrogen-bond donors (Lipinski definition) is 2. The minimum Gasteiger partial charge on any atom is -0.443 e. The summed E-state index contributed by atoms with van der Waals surface area (Å²) in [7, 11) is 0. The van der Waals surface area contributed by atoms with E-state index in [1.165, 1.54) is 24.8 Å². The molecule has 0 aliphatic carbocycles. The molecule has 5 rings (SSSR count). The Morgan fingerprint density at radius 1 is 1.13 bits per heavy atom. The molecule has 1 fully saturated rings. The molecule has 0 bridgehead atoms.